The highest BCUT2D eigenvalue weighted by Gasteiger charge is 2.46. The average Bonchev–Trinajstić information content (AvgIpc) is 3.29. The number of ether oxygens (including phenoxy) is 2. The van der Waals surface area contributed by atoms with Crippen molar-refractivity contribution in [3.63, 3.8) is 0 Å². The number of nitrogens with zero attached hydrogens (tertiary/aromatic N) is 2. The Morgan fingerprint density at radius 1 is 1.11 bits per heavy atom. The molecule has 9 nitrogen and oxygen atoms in total. The van der Waals surface area contributed by atoms with Crippen LogP contribution in [0.25, 0.3) is 0 Å². The fraction of sp³-hybridized carbons (Fsp3) is 0.308. The van der Waals surface area contributed by atoms with E-state index in [9.17, 15) is 27.9 Å². The molecule has 1 heterocycles. The fourth-order valence-electron chi connectivity index (χ4n) is 4.20. The van der Waals surface area contributed by atoms with E-state index in [4.69, 9.17) is 9.47 Å². The molecule has 1 aromatic heterocycles. The number of aromatic nitrogens is 2. The number of hydrogen-bond acceptors (Lipinski definition) is 7. The summed E-state index contributed by atoms with van der Waals surface area (Å²) in [6.07, 6.45) is -0.814. The molecular formula is C26H25F3N4O5. The SMILES string of the molecule is COc1ccc(Oc2ccc(CNC(=O)C3(NC(=O)c4cncnc4)CC[C@@H](O)C3)cc2)c(C(F)(F)F)c1. The van der Waals surface area contributed by atoms with Gasteiger partial charge in [-0.25, -0.2) is 9.97 Å². The minimum atomic E-state index is -4.64. The normalized spacial score (nSPS) is 19.0. The Balaban J connectivity index is 1.42. The van der Waals surface area contributed by atoms with Crippen LogP contribution in [0, 0.1) is 0 Å². The summed E-state index contributed by atoms with van der Waals surface area (Å²) in [6.45, 7) is 0.0810. The number of alkyl halides is 3. The predicted molar refractivity (Wildman–Crippen MR) is 128 cm³/mol. The Bertz CT molecular complexity index is 1290. The van der Waals surface area contributed by atoms with Gasteiger partial charge in [-0.2, -0.15) is 13.2 Å². The van der Waals surface area contributed by atoms with Gasteiger partial charge in [-0.05, 0) is 48.7 Å². The van der Waals surface area contributed by atoms with Crippen molar-refractivity contribution < 1.29 is 37.3 Å². The Morgan fingerprint density at radius 3 is 2.39 bits per heavy atom. The van der Waals surface area contributed by atoms with Crippen LogP contribution in [-0.2, 0) is 17.5 Å². The van der Waals surface area contributed by atoms with Gasteiger partial charge in [0.25, 0.3) is 5.91 Å². The number of carbonyl (C=O) groups excluding carboxylic acids is 2. The molecule has 1 aliphatic rings. The van der Waals surface area contributed by atoms with Crippen molar-refractivity contribution in [3.8, 4) is 17.2 Å². The zero-order valence-electron chi connectivity index (χ0n) is 20.3. The second-order valence-electron chi connectivity index (χ2n) is 8.85. The maximum absolute atomic E-state index is 13.4. The van der Waals surface area contributed by atoms with Gasteiger partial charge < -0.3 is 25.2 Å². The van der Waals surface area contributed by atoms with E-state index in [1.54, 1.807) is 12.1 Å². The van der Waals surface area contributed by atoms with Crippen molar-refractivity contribution in [1.82, 2.24) is 20.6 Å². The molecule has 0 bridgehead atoms. The number of rotatable bonds is 8. The van der Waals surface area contributed by atoms with Gasteiger partial charge in [0.2, 0.25) is 5.91 Å². The molecule has 12 heteroatoms. The van der Waals surface area contributed by atoms with Crippen molar-refractivity contribution in [1.29, 1.82) is 0 Å². The zero-order chi connectivity index (χ0) is 27.3. The molecule has 0 radical (unpaired) electrons. The molecule has 2 amide bonds. The van der Waals surface area contributed by atoms with Crippen LogP contribution in [0.2, 0.25) is 0 Å². The van der Waals surface area contributed by atoms with E-state index in [-0.39, 0.29) is 42.2 Å². The highest BCUT2D eigenvalue weighted by Crippen LogP contribution is 2.40. The number of aliphatic hydroxyl groups is 1. The smallest absolute Gasteiger partial charge is 0.420 e. The first kappa shape index (κ1) is 26.9. The molecule has 38 heavy (non-hydrogen) atoms. The summed E-state index contributed by atoms with van der Waals surface area (Å²) in [6, 6.07) is 9.58. The molecule has 1 aliphatic carbocycles. The molecule has 0 spiro atoms. The highest BCUT2D eigenvalue weighted by atomic mass is 19.4. The van der Waals surface area contributed by atoms with E-state index >= 15 is 0 Å². The van der Waals surface area contributed by atoms with Gasteiger partial charge in [-0.1, -0.05) is 12.1 Å². The Kier molecular flexibility index (Phi) is 7.81. The third-order valence-electron chi connectivity index (χ3n) is 6.20. The number of halogens is 3. The van der Waals surface area contributed by atoms with Crippen LogP contribution in [0.5, 0.6) is 17.2 Å². The van der Waals surface area contributed by atoms with E-state index in [0.717, 1.165) is 6.07 Å². The van der Waals surface area contributed by atoms with Gasteiger partial charge in [0.05, 0.1) is 18.8 Å². The molecule has 4 rings (SSSR count). The van der Waals surface area contributed by atoms with Crippen LogP contribution < -0.4 is 20.1 Å². The van der Waals surface area contributed by atoms with E-state index in [1.165, 1.54) is 50.1 Å². The third-order valence-corrected chi connectivity index (χ3v) is 6.20. The summed E-state index contributed by atoms with van der Waals surface area (Å²) in [5, 5.41) is 15.6. The van der Waals surface area contributed by atoms with E-state index in [0.29, 0.717) is 12.0 Å². The van der Waals surface area contributed by atoms with Crippen LogP contribution in [0.15, 0.2) is 61.2 Å². The summed E-state index contributed by atoms with van der Waals surface area (Å²) < 4.78 is 50.7. The second kappa shape index (κ2) is 11.1. The molecule has 2 aromatic carbocycles. The Hall–Kier alpha value is -4.19. The molecule has 3 aromatic rings. The minimum Gasteiger partial charge on any atom is -0.497 e. The van der Waals surface area contributed by atoms with Gasteiger partial charge in [0, 0.05) is 25.4 Å². The van der Waals surface area contributed by atoms with E-state index < -0.39 is 35.2 Å². The van der Waals surface area contributed by atoms with Gasteiger partial charge in [-0.3, -0.25) is 9.59 Å². The zero-order valence-corrected chi connectivity index (χ0v) is 20.3. The quantitative estimate of drug-likeness (QED) is 0.407. The summed E-state index contributed by atoms with van der Waals surface area (Å²) >= 11 is 0. The van der Waals surface area contributed by atoms with Crippen LogP contribution in [0.1, 0.15) is 40.7 Å². The first-order valence-electron chi connectivity index (χ1n) is 11.7. The van der Waals surface area contributed by atoms with Gasteiger partial charge in [0.1, 0.15) is 34.7 Å². The number of nitrogens with one attached hydrogen (secondary N) is 2. The van der Waals surface area contributed by atoms with E-state index in [1.807, 2.05) is 0 Å². The van der Waals surface area contributed by atoms with Crippen molar-refractivity contribution in [2.24, 2.45) is 0 Å². The minimum absolute atomic E-state index is 0.0500. The maximum Gasteiger partial charge on any atom is 0.420 e. The largest absolute Gasteiger partial charge is 0.497 e. The van der Waals surface area contributed by atoms with E-state index in [2.05, 4.69) is 20.6 Å². The van der Waals surface area contributed by atoms with Crippen molar-refractivity contribution in [2.45, 2.75) is 43.6 Å². The number of amides is 2. The molecule has 0 aliphatic heterocycles. The fourth-order valence-corrected chi connectivity index (χ4v) is 4.20. The predicted octanol–water partition coefficient (Wildman–Crippen LogP) is 3.63. The molecular weight excluding hydrogens is 505 g/mol. The van der Waals surface area contributed by atoms with Crippen LogP contribution in [-0.4, -0.2) is 45.6 Å². The topological polar surface area (TPSA) is 123 Å². The average molecular weight is 531 g/mol. The number of methoxy groups -OCH3 is 1. The molecule has 200 valence electrons. The monoisotopic (exact) mass is 530 g/mol. The number of hydrogen-bond donors (Lipinski definition) is 3. The van der Waals surface area contributed by atoms with Crippen molar-refractivity contribution in [2.75, 3.05) is 7.11 Å². The third kappa shape index (κ3) is 6.20. The molecule has 1 fully saturated rings. The second-order valence-corrected chi connectivity index (χ2v) is 8.85. The number of carbonyl (C=O) groups is 2. The number of benzene rings is 2. The summed E-state index contributed by atoms with van der Waals surface area (Å²) in [4.78, 5) is 33.4. The molecule has 1 unspecified atom stereocenters. The van der Waals surface area contributed by atoms with Crippen LogP contribution in [0.3, 0.4) is 0 Å². The van der Waals surface area contributed by atoms with Gasteiger partial charge >= 0.3 is 6.18 Å². The highest BCUT2D eigenvalue weighted by molar-refractivity contribution is 5.99. The summed E-state index contributed by atoms with van der Waals surface area (Å²) in [7, 11) is 1.27. The van der Waals surface area contributed by atoms with Crippen LogP contribution in [0.4, 0.5) is 13.2 Å². The first-order chi connectivity index (χ1) is 18.1. The first-order valence-corrected chi connectivity index (χ1v) is 11.7. The van der Waals surface area contributed by atoms with Crippen molar-refractivity contribution in [3.05, 3.63) is 77.9 Å². The number of aliphatic hydroxyl groups excluding tert-OH is 1. The lowest BCUT2D eigenvalue weighted by Gasteiger charge is -2.29. The lowest BCUT2D eigenvalue weighted by atomic mass is 9.95. The molecule has 1 saturated carbocycles. The summed E-state index contributed by atoms with van der Waals surface area (Å²) in [5.74, 6) is -1.15. The summed E-state index contributed by atoms with van der Waals surface area (Å²) in [5.41, 5.74) is -1.45. The standard InChI is InChI=1S/C26H25F3N4O5/c1-37-20-6-7-22(21(10-20)26(27,28)29)38-19-4-2-16(3-5-19)12-32-24(36)25(9-8-18(34)11-25)33-23(35)17-13-30-15-31-14-17/h2-7,10,13-15,18,34H,8-9,11-12H2,1H3,(H,32,36)(H,33,35)/t18-,25?/m1/s1. The molecule has 3 N–H and O–H groups in total. The Labute approximate surface area is 216 Å². The maximum atomic E-state index is 13.4. The molecule has 2 atom stereocenters. The van der Waals surface area contributed by atoms with Gasteiger partial charge in [0.15, 0.2) is 0 Å². The lowest BCUT2D eigenvalue weighted by Crippen LogP contribution is -2.57. The lowest BCUT2D eigenvalue weighted by molar-refractivity contribution is -0.138. The van der Waals surface area contributed by atoms with Gasteiger partial charge in [-0.15, -0.1) is 0 Å². The van der Waals surface area contributed by atoms with Crippen molar-refractivity contribution >= 4 is 11.8 Å². The van der Waals surface area contributed by atoms with Crippen LogP contribution >= 0.6 is 0 Å². The molecule has 0 saturated heterocycles. The Morgan fingerprint density at radius 2 is 1.79 bits per heavy atom.